The number of nitro groups is 1. The Bertz CT molecular complexity index is 435. The molecule has 0 aliphatic carbocycles. The predicted molar refractivity (Wildman–Crippen MR) is 68.7 cm³/mol. The maximum Gasteiger partial charge on any atom is 0.333 e. The zero-order valence-corrected chi connectivity index (χ0v) is 10.8. The molecule has 1 saturated heterocycles. The molecule has 2 rings (SSSR count). The molecule has 0 aromatic carbocycles. The van der Waals surface area contributed by atoms with E-state index in [9.17, 15) is 10.1 Å². The van der Waals surface area contributed by atoms with E-state index in [4.69, 9.17) is 0 Å². The van der Waals surface area contributed by atoms with Crippen molar-refractivity contribution < 1.29 is 4.92 Å². The minimum atomic E-state index is -0.361. The molecule has 7 nitrogen and oxygen atoms in total. The fourth-order valence-electron chi connectivity index (χ4n) is 2.38. The third kappa shape index (κ3) is 2.61. The van der Waals surface area contributed by atoms with Crippen LogP contribution >= 0.6 is 0 Å². The molecule has 0 saturated carbocycles. The molecular formula is C11H19N5O2. The molecule has 7 heteroatoms. The van der Waals surface area contributed by atoms with Gasteiger partial charge in [0.25, 0.3) is 0 Å². The average Bonchev–Trinajstić information content (AvgIpc) is 2.51. The van der Waals surface area contributed by atoms with Crippen LogP contribution in [0.25, 0.3) is 0 Å². The van der Waals surface area contributed by atoms with Crippen molar-refractivity contribution in [2.24, 2.45) is 7.05 Å². The predicted octanol–water partition coefficient (Wildman–Crippen LogP) is 1.19. The summed E-state index contributed by atoms with van der Waals surface area (Å²) in [5, 5.41) is 21.8. The molecule has 1 aromatic rings. The molecule has 1 aliphatic rings. The van der Waals surface area contributed by atoms with Crippen molar-refractivity contribution in [3.8, 4) is 0 Å². The smallest absolute Gasteiger partial charge is 0.333 e. The molecule has 0 amide bonds. The molecule has 18 heavy (non-hydrogen) atoms. The number of nitrogens with zero attached hydrogens (tertiary/aromatic N) is 3. The lowest BCUT2D eigenvalue weighted by molar-refractivity contribution is -0.384. The topological polar surface area (TPSA) is 85.0 Å². The zero-order valence-electron chi connectivity index (χ0n) is 10.8. The molecule has 2 N–H and O–H groups in total. The van der Waals surface area contributed by atoms with Crippen molar-refractivity contribution >= 4 is 11.5 Å². The summed E-state index contributed by atoms with van der Waals surface area (Å²) in [6.45, 7) is 3.63. The van der Waals surface area contributed by atoms with Gasteiger partial charge in [0, 0.05) is 13.1 Å². The number of nitrogens with one attached hydrogen (secondary N) is 2. The Morgan fingerprint density at radius 1 is 1.50 bits per heavy atom. The molecular weight excluding hydrogens is 234 g/mol. The Balaban J connectivity index is 2.19. The summed E-state index contributed by atoms with van der Waals surface area (Å²) in [4.78, 5) is 10.7. The van der Waals surface area contributed by atoms with E-state index in [-0.39, 0.29) is 16.7 Å². The second-order valence-corrected chi connectivity index (χ2v) is 4.69. The Kier molecular flexibility index (Phi) is 3.81. The van der Waals surface area contributed by atoms with Crippen LogP contribution < -0.4 is 10.6 Å². The molecule has 1 aliphatic heterocycles. The number of rotatable bonds is 3. The summed E-state index contributed by atoms with van der Waals surface area (Å²) in [6.07, 6.45) is 3.08. The van der Waals surface area contributed by atoms with Gasteiger partial charge in [0.2, 0.25) is 5.82 Å². The lowest BCUT2D eigenvalue weighted by atomic mass is 10.1. The van der Waals surface area contributed by atoms with Crippen LogP contribution in [0, 0.1) is 17.0 Å². The number of aryl methyl sites for hydroxylation is 2. The van der Waals surface area contributed by atoms with Crippen molar-refractivity contribution in [2.75, 3.05) is 18.4 Å². The molecule has 2 heterocycles. The van der Waals surface area contributed by atoms with Crippen LogP contribution in [0.15, 0.2) is 0 Å². The lowest BCUT2D eigenvalue weighted by Gasteiger charge is -2.16. The summed E-state index contributed by atoms with van der Waals surface area (Å²) in [7, 11) is 1.73. The standard InChI is InChI=1S/C11H19N5O2/c1-8-10(16(17)18)11(15(2)14-8)13-9-4-3-6-12-7-5-9/h9,12-13H,3-7H2,1-2H3. The van der Waals surface area contributed by atoms with Gasteiger partial charge in [0.05, 0.1) is 4.92 Å². The third-order valence-electron chi connectivity index (χ3n) is 3.29. The van der Waals surface area contributed by atoms with Crippen LogP contribution in [-0.2, 0) is 7.05 Å². The highest BCUT2D eigenvalue weighted by molar-refractivity contribution is 5.59. The lowest BCUT2D eigenvalue weighted by Crippen LogP contribution is -2.23. The fraction of sp³-hybridized carbons (Fsp3) is 0.727. The number of anilines is 1. The molecule has 1 aromatic heterocycles. The molecule has 100 valence electrons. The van der Waals surface area contributed by atoms with E-state index in [0.29, 0.717) is 11.5 Å². The van der Waals surface area contributed by atoms with Gasteiger partial charge < -0.3 is 10.6 Å². The van der Waals surface area contributed by atoms with E-state index in [1.165, 1.54) is 0 Å². The minimum absolute atomic E-state index is 0.0923. The van der Waals surface area contributed by atoms with Gasteiger partial charge in [0.1, 0.15) is 5.69 Å². The number of aromatic nitrogens is 2. The second kappa shape index (κ2) is 5.34. The summed E-state index contributed by atoms with van der Waals surface area (Å²) in [6, 6.07) is 0.272. The van der Waals surface area contributed by atoms with Gasteiger partial charge in [-0.25, -0.2) is 4.68 Å². The third-order valence-corrected chi connectivity index (χ3v) is 3.29. The van der Waals surface area contributed by atoms with Crippen LogP contribution in [0.4, 0.5) is 11.5 Å². The highest BCUT2D eigenvalue weighted by Gasteiger charge is 2.26. The van der Waals surface area contributed by atoms with E-state index >= 15 is 0 Å². The quantitative estimate of drug-likeness (QED) is 0.624. The summed E-state index contributed by atoms with van der Waals surface area (Å²) in [5.74, 6) is 0.518. The van der Waals surface area contributed by atoms with Crippen LogP contribution in [0.1, 0.15) is 25.0 Å². The van der Waals surface area contributed by atoms with E-state index < -0.39 is 0 Å². The molecule has 0 bridgehead atoms. The maximum atomic E-state index is 11.1. The van der Waals surface area contributed by atoms with Gasteiger partial charge in [-0.1, -0.05) is 0 Å². The summed E-state index contributed by atoms with van der Waals surface area (Å²) >= 11 is 0. The van der Waals surface area contributed by atoms with Crippen molar-refractivity contribution in [3.63, 3.8) is 0 Å². The van der Waals surface area contributed by atoms with Crippen LogP contribution in [0.3, 0.4) is 0 Å². The highest BCUT2D eigenvalue weighted by Crippen LogP contribution is 2.28. The van der Waals surface area contributed by atoms with Crippen LogP contribution in [0.5, 0.6) is 0 Å². The van der Waals surface area contributed by atoms with Gasteiger partial charge in [-0.2, -0.15) is 5.10 Å². The van der Waals surface area contributed by atoms with Crippen molar-refractivity contribution in [1.82, 2.24) is 15.1 Å². The van der Waals surface area contributed by atoms with Crippen molar-refractivity contribution in [2.45, 2.75) is 32.2 Å². The normalized spacial score (nSPS) is 20.4. The molecule has 1 unspecified atom stereocenters. The van der Waals surface area contributed by atoms with Crippen molar-refractivity contribution in [3.05, 3.63) is 15.8 Å². The zero-order chi connectivity index (χ0) is 13.1. The Hall–Kier alpha value is -1.63. The Morgan fingerprint density at radius 3 is 3.00 bits per heavy atom. The van der Waals surface area contributed by atoms with Crippen LogP contribution in [0.2, 0.25) is 0 Å². The maximum absolute atomic E-state index is 11.1. The van der Waals surface area contributed by atoms with E-state index in [0.717, 1.165) is 32.4 Å². The highest BCUT2D eigenvalue weighted by atomic mass is 16.6. The summed E-state index contributed by atoms with van der Waals surface area (Å²) in [5.41, 5.74) is 0.548. The molecule has 1 atom stereocenters. The largest absolute Gasteiger partial charge is 0.362 e. The Labute approximate surface area is 106 Å². The molecule has 1 fully saturated rings. The Morgan fingerprint density at radius 2 is 2.28 bits per heavy atom. The minimum Gasteiger partial charge on any atom is -0.362 e. The van der Waals surface area contributed by atoms with E-state index in [1.807, 2.05) is 0 Å². The number of hydrogen-bond donors (Lipinski definition) is 2. The van der Waals surface area contributed by atoms with Gasteiger partial charge in [-0.3, -0.25) is 10.1 Å². The SMILES string of the molecule is Cc1nn(C)c(NC2CCCNCC2)c1[N+](=O)[O-]. The first-order chi connectivity index (χ1) is 8.59. The second-order valence-electron chi connectivity index (χ2n) is 4.69. The first-order valence-electron chi connectivity index (χ1n) is 6.25. The van der Waals surface area contributed by atoms with Crippen molar-refractivity contribution in [1.29, 1.82) is 0 Å². The van der Waals surface area contributed by atoms with Gasteiger partial charge >= 0.3 is 5.69 Å². The van der Waals surface area contributed by atoms with Gasteiger partial charge in [-0.15, -0.1) is 0 Å². The first-order valence-corrected chi connectivity index (χ1v) is 6.25. The van der Waals surface area contributed by atoms with Gasteiger partial charge in [-0.05, 0) is 39.3 Å². The molecule has 0 radical (unpaired) electrons. The fourth-order valence-corrected chi connectivity index (χ4v) is 2.38. The van der Waals surface area contributed by atoms with E-state index in [1.54, 1.807) is 18.7 Å². The first kappa shape index (κ1) is 12.8. The monoisotopic (exact) mass is 253 g/mol. The number of hydrogen-bond acceptors (Lipinski definition) is 5. The average molecular weight is 253 g/mol. The van der Waals surface area contributed by atoms with Crippen LogP contribution in [-0.4, -0.2) is 33.8 Å². The summed E-state index contributed by atoms with van der Waals surface area (Å²) < 4.78 is 1.56. The van der Waals surface area contributed by atoms with Gasteiger partial charge in [0.15, 0.2) is 0 Å². The molecule has 0 spiro atoms. The van der Waals surface area contributed by atoms with E-state index in [2.05, 4.69) is 15.7 Å².